The highest BCUT2D eigenvalue weighted by atomic mass is 16.3. The van der Waals surface area contributed by atoms with E-state index in [0.717, 1.165) is 5.76 Å². The summed E-state index contributed by atoms with van der Waals surface area (Å²) in [6.45, 7) is 1.82. The maximum Gasteiger partial charge on any atom is 0.261 e. The summed E-state index contributed by atoms with van der Waals surface area (Å²) < 4.78 is 5.27. The first kappa shape index (κ1) is 13.6. The van der Waals surface area contributed by atoms with E-state index < -0.39 is 11.8 Å². The number of nitrogens with one attached hydrogen (secondary N) is 1. The molecule has 2 aromatic rings. The van der Waals surface area contributed by atoms with Crippen LogP contribution in [0.25, 0.3) is 0 Å². The molecule has 1 atom stereocenters. The number of aryl methyl sites for hydroxylation is 1. The van der Waals surface area contributed by atoms with Crippen molar-refractivity contribution in [3.8, 4) is 6.07 Å². The van der Waals surface area contributed by atoms with Gasteiger partial charge in [-0.25, -0.2) is 5.43 Å². The molecular weight excluding hydrogens is 254 g/mol. The molecule has 20 heavy (non-hydrogen) atoms. The highest BCUT2D eigenvalue weighted by Gasteiger charge is 2.19. The van der Waals surface area contributed by atoms with Crippen LogP contribution in [0.4, 0.5) is 0 Å². The highest BCUT2D eigenvalue weighted by Crippen LogP contribution is 2.14. The Balaban J connectivity index is 2.00. The second-order valence-electron chi connectivity index (χ2n) is 4.16. The number of rotatable bonds is 4. The van der Waals surface area contributed by atoms with Crippen LogP contribution in [0, 0.1) is 18.3 Å². The molecule has 0 bridgehead atoms. The Morgan fingerprint density at radius 2 is 2.10 bits per heavy atom. The molecule has 5 heteroatoms. The standard InChI is InChI=1S/C15H13N3O2/c1-11-7-8-13(20-11)10-17-18-15(19)14(9-16)12-5-3-2-4-6-12/h2-8,10,14H,1H3,(H,18,19)/b17-10-/t14-/m0/s1. The number of benzene rings is 1. The Morgan fingerprint density at radius 1 is 1.35 bits per heavy atom. The third kappa shape index (κ3) is 3.33. The zero-order valence-corrected chi connectivity index (χ0v) is 10.9. The van der Waals surface area contributed by atoms with Crippen LogP contribution >= 0.6 is 0 Å². The molecule has 100 valence electrons. The van der Waals surface area contributed by atoms with Crippen molar-refractivity contribution in [3.05, 3.63) is 59.5 Å². The van der Waals surface area contributed by atoms with Gasteiger partial charge in [0, 0.05) is 0 Å². The van der Waals surface area contributed by atoms with Gasteiger partial charge in [-0.15, -0.1) is 0 Å². The number of nitriles is 1. The predicted octanol–water partition coefficient (Wildman–Crippen LogP) is 2.35. The monoisotopic (exact) mass is 267 g/mol. The zero-order chi connectivity index (χ0) is 14.4. The Kier molecular flexibility index (Phi) is 4.30. The quantitative estimate of drug-likeness (QED) is 0.682. The van der Waals surface area contributed by atoms with Crippen LogP contribution < -0.4 is 5.43 Å². The van der Waals surface area contributed by atoms with Gasteiger partial charge in [-0.1, -0.05) is 30.3 Å². The smallest absolute Gasteiger partial charge is 0.261 e. The average molecular weight is 267 g/mol. The predicted molar refractivity (Wildman–Crippen MR) is 74.0 cm³/mol. The van der Waals surface area contributed by atoms with Gasteiger partial charge in [0.1, 0.15) is 11.5 Å². The van der Waals surface area contributed by atoms with Crippen LogP contribution in [0.2, 0.25) is 0 Å². The molecule has 0 fully saturated rings. The summed E-state index contributed by atoms with van der Waals surface area (Å²) in [5.74, 6) is -0.0575. The summed E-state index contributed by atoms with van der Waals surface area (Å²) in [7, 11) is 0. The molecule has 0 spiro atoms. The minimum Gasteiger partial charge on any atom is -0.460 e. The van der Waals surface area contributed by atoms with Crippen molar-refractivity contribution in [2.75, 3.05) is 0 Å². The van der Waals surface area contributed by atoms with Gasteiger partial charge in [0.15, 0.2) is 5.92 Å². The number of furan rings is 1. The van der Waals surface area contributed by atoms with Crippen LogP contribution in [-0.4, -0.2) is 12.1 Å². The van der Waals surface area contributed by atoms with Gasteiger partial charge in [-0.05, 0) is 24.6 Å². The third-order valence-electron chi connectivity index (χ3n) is 2.65. The molecule has 2 rings (SSSR count). The second kappa shape index (κ2) is 6.34. The minimum atomic E-state index is -0.883. The Morgan fingerprint density at radius 3 is 2.70 bits per heavy atom. The van der Waals surface area contributed by atoms with E-state index in [0.29, 0.717) is 11.3 Å². The normalized spacial score (nSPS) is 12.0. The molecule has 1 amide bonds. The first-order chi connectivity index (χ1) is 9.70. The molecular formula is C15H13N3O2. The van der Waals surface area contributed by atoms with Crippen molar-refractivity contribution in [2.45, 2.75) is 12.8 Å². The lowest BCUT2D eigenvalue weighted by Crippen LogP contribution is -2.24. The number of nitrogens with zero attached hydrogens (tertiary/aromatic N) is 2. The van der Waals surface area contributed by atoms with Gasteiger partial charge in [0.25, 0.3) is 5.91 Å². The molecule has 0 saturated heterocycles. The van der Waals surface area contributed by atoms with Crippen LogP contribution in [-0.2, 0) is 4.79 Å². The van der Waals surface area contributed by atoms with Crippen LogP contribution in [0.3, 0.4) is 0 Å². The third-order valence-corrected chi connectivity index (χ3v) is 2.65. The van der Waals surface area contributed by atoms with E-state index in [2.05, 4.69) is 10.5 Å². The van der Waals surface area contributed by atoms with Crippen LogP contribution in [0.5, 0.6) is 0 Å². The maximum absolute atomic E-state index is 11.9. The van der Waals surface area contributed by atoms with Crippen molar-refractivity contribution in [1.82, 2.24) is 5.43 Å². The molecule has 0 aliphatic rings. The Labute approximate surface area is 116 Å². The summed E-state index contributed by atoms with van der Waals surface area (Å²) in [6.07, 6.45) is 1.39. The number of carbonyl (C=O) groups excluding carboxylic acids is 1. The van der Waals surface area contributed by atoms with Crippen molar-refractivity contribution in [3.63, 3.8) is 0 Å². The lowest BCUT2D eigenvalue weighted by atomic mass is 10.0. The van der Waals surface area contributed by atoms with Gasteiger partial charge in [-0.3, -0.25) is 4.79 Å². The molecule has 1 aromatic carbocycles. The highest BCUT2D eigenvalue weighted by molar-refractivity contribution is 5.87. The van der Waals surface area contributed by atoms with Gasteiger partial charge < -0.3 is 4.42 Å². The molecule has 1 aromatic heterocycles. The fraction of sp³-hybridized carbons (Fsp3) is 0.133. The summed E-state index contributed by atoms with van der Waals surface area (Å²) in [6, 6.07) is 14.3. The summed E-state index contributed by atoms with van der Waals surface area (Å²) in [5, 5.41) is 12.9. The SMILES string of the molecule is Cc1ccc(/C=N\NC(=O)[C@@H](C#N)c2ccccc2)o1. The van der Waals surface area contributed by atoms with Crippen molar-refractivity contribution >= 4 is 12.1 Å². The van der Waals surface area contributed by atoms with E-state index in [1.807, 2.05) is 19.1 Å². The van der Waals surface area contributed by atoms with Crippen molar-refractivity contribution in [1.29, 1.82) is 5.26 Å². The average Bonchev–Trinajstić information content (AvgIpc) is 2.86. The van der Waals surface area contributed by atoms with Gasteiger partial charge in [0.2, 0.25) is 0 Å². The molecule has 0 saturated carbocycles. The number of hydrogen-bond donors (Lipinski definition) is 1. The molecule has 5 nitrogen and oxygen atoms in total. The zero-order valence-electron chi connectivity index (χ0n) is 10.9. The molecule has 1 N–H and O–H groups in total. The fourth-order valence-corrected chi connectivity index (χ4v) is 1.68. The Hall–Kier alpha value is -2.87. The summed E-state index contributed by atoms with van der Waals surface area (Å²) in [5.41, 5.74) is 2.97. The maximum atomic E-state index is 11.9. The lowest BCUT2D eigenvalue weighted by molar-refractivity contribution is -0.121. The molecule has 1 heterocycles. The van der Waals surface area contributed by atoms with E-state index in [-0.39, 0.29) is 0 Å². The van der Waals surface area contributed by atoms with Crippen molar-refractivity contribution < 1.29 is 9.21 Å². The van der Waals surface area contributed by atoms with Gasteiger partial charge >= 0.3 is 0 Å². The number of amides is 1. The summed E-state index contributed by atoms with van der Waals surface area (Å²) >= 11 is 0. The Bertz CT molecular complexity index is 653. The molecule has 0 unspecified atom stereocenters. The number of hydrazone groups is 1. The molecule has 0 aliphatic carbocycles. The lowest BCUT2D eigenvalue weighted by Gasteiger charge is -2.06. The number of carbonyl (C=O) groups is 1. The molecule has 0 radical (unpaired) electrons. The largest absolute Gasteiger partial charge is 0.460 e. The minimum absolute atomic E-state index is 0.474. The first-order valence-electron chi connectivity index (χ1n) is 6.04. The van der Waals surface area contributed by atoms with Crippen LogP contribution in [0.15, 0.2) is 52.0 Å². The fourth-order valence-electron chi connectivity index (χ4n) is 1.68. The number of hydrogen-bond acceptors (Lipinski definition) is 4. The second-order valence-corrected chi connectivity index (χ2v) is 4.16. The van der Waals surface area contributed by atoms with Crippen molar-refractivity contribution in [2.24, 2.45) is 5.10 Å². The van der Waals surface area contributed by atoms with Crippen LogP contribution in [0.1, 0.15) is 23.0 Å². The van der Waals surface area contributed by atoms with E-state index in [9.17, 15) is 4.79 Å². The van der Waals surface area contributed by atoms with E-state index in [4.69, 9.17) is 9.68 Å². The van der Waals surface area contributed by atoms with Gasteiger partial charge in [0.05, 0.1) is 12.3 Å². The molecule has 0 aliphatic heterocycles. The van der Waals surface area contributed by atoms with Gasteiger partial charge in [-0.2, -0.15) is 10.4 Å². The van der Waals surface area contributed by atoms with E-state index in [1.165, 1.54) is 6.21 Å². The van der Waals surface area contributed by atoms with E-state index >= 15 is 0 Å². The summed E-state index contributed by atoms with van der Waals surface area (Å²) in [4.78, 5) is 11.9. The first-order valence-corrected chi connectivity index (χ1v) is 6.04. The topological polar surface area (TPSA) is 78.4 Å². The van der Waals surface area contributed by atoms with E-state index in [1.54, 1.807) is 36.4 Å².